The van der Waals surface area contributed by atoms with Crippen molar-refractivity contribution in [3.63, 3.8) is 0 Å². The van der Waals surface area contributed by atoms with Crippen LogP contribution in [-0.4, -0.2) is 25.0 Å². The summed E-state index contributed by atoms with van der Waals surface area (Å²) < 4.78 is 0. The second-order valence-corrected chi connectivity index (χ2v) is 5.44. The predicted molar refractivity (Wildman–Crippen MR) is 76.0 cm³/mol. The quantitative estimate of drug-likeness (QED) is 0.834. The number of amides is 1. The van der Waals surface area contributed by atoms with E-state index in [0.717, 1.165) is 30.8 Å². The standard InChI is InChI=1S/C15H21N3O/c16-10-11-1-5-14-12(9-11)2-6-15(19)18(14)8-7-17-13-3-4-13/h1,5,9,13,17H,2-4,6-8,10,16H2. The lowest BCUT2D eigenvalue weighted by molar-refractivity contribution is -0.118. The van der Waals surface area contributed by atoms with Gasteiger partial charge in [0.05, 0.1) is 0 Å². The van der Waals surface area contributed by atoms with Gasteiger partial charge in [0.25, 0.3) is 0 Å². The summed E-state index contributed by atoms with van der Waals surface area (Å²) in [6, 6.07) is 6.91. The smallest absolute Gasteiger partial charge is 0.227 e. The van der Waals surface area contributed by atoms with Gasteiger partial charge in [0, 0.05) is 37.8 Å². The molecule has 19 heavy (non-hydrogen) atoms. The van der Waals surface area contributed by atoms with Gasteiger partial charge in [-0.1, -0.05) is 12.1 Å². The molecule has 0 spiro atoms. The Morgan fingerprint density at radius 3 is 2.89 bits per heavy atom. The van der Waals surface area contributed by atoms with Crippen LogP contribution >= 0.6 is 0 Å². The number of anilines is 1. The number of fused-ring (bicyclic) bond motifs is 1. The third-order valence-corrected chi connectivity index (χ3v) is 3.93. The minimum Gasteiger partial charge on any atom is -0.326 e. The lowest BCUT2D eigenvalue weighted by atomic mass is 9.98. The first-order valence-corrected chi connectivity index (χ1v) is 7.13. The lowest BCUT2D eigenvalue weighted by Gasteiger charge is -2.30. The first kappa shape index (κ1) is 12.6. The van der Waals surface area contributed by atoms with Crippen LogP contribution < -0.4 is 16.0 Å². The van der Waals surface area contributed by atoms with E-state index in [4.69, 9.17) is 5.73 Å². The number of hydrogen-bond donors (Lipinski definition) is 2. The van der Waals surface area contributed by atoms with Gasteiger partial charge in [-0.2, -0.15) is 0 Å². The molecule has 4 nitrogen and oxygen atoms in total. The second-order valence-electron chi connectivity index (χ2n) is 5.44. The van der Waals surface area contributed by atoms with Crippen molar-refractivity contribution in [1.29, 1.82) is 0 Å². The van der Waals surface area contributed by atoms with Gasteiger partial charge in [0.1, 0.15) is 0 Å². The number of carbonyl (C=O) groups excluding carboxylic acids is 1. The van der Waals surface area contributed by atoms with Gasteiger partial charge in [-0.05, 0) is 36.5 Å². The number of nitrogens with two attached hydrogens (primary N) is 1. The maximum absolute atomic E-state index is 12.1. The summed E-state index contributed by atoms with van der Waals surface area (Å²) in [4.78, 5) is 14.0. The zero-order valence-electron chi connectivity index (χ0n) is 11.2. The Hall–Kier alpha value is -1.39. The van der Waals surface area contributed by atoms with Crippen molar-refractivity contribution >= 4 is 11.6 Å². The largest absolute Gasteiger partial charge is 0.326 e. The van der Waals surface area contributed by atoms with Crippen LogP contribution in [0.15, 0.2) is 18.2 Å². The molecule has 0 radical (unpaired) electrons. The summed E-state index contributed by atoms with van der Waals surface area (Å²) in [7, 11) is 0. The highest BCUT2D eigenvalue weighted by molar-refractivity contribution is 5.96. The van der Waals surface area contributed by atoms with Crippen molar-refractivity contribution < 1.29 is 4.79 Å². The first-order chi connectivity index (χ1) is 9.28. The Balaban J connectivity index is 1.73. The maximum Gasteiger partial charge on any atom is 0.227 e. The van der Waals surface area contributed by atoms with E-state index in [2.05, 4.69) is 11.4 Å². The minimum absolute atomic E-state index is 0.241. The Labute approximate surface area is 114 Å². The predicted octanol–water partition coefficient (Wildman–Crippen LogP) is 1.18. The van der Waals surface area contributed by atoms with Crippen LogP contribution in [0.4, 0.5) is 5.69 Å². The van der Waals surface area contributed by atoms with E-state index in [1.165, 1.54) is 18.4 Å². The fourth-order valence-electron chi connectivity index (χ4n) is 2.65. The average molecular weight is 259 g/mol. The molecule has 102 valence electrons. The van der Waals surface area contributed by atoms with Gasteiger partial charge in [0.15, 0.2) is 0 Å². The molecule has 1 saturated carbocycles. The zero-order chi connectivity index (χ0) is 13.2. The van der Waals surface area contributed by atoms with Crippen LogP contribution in [0.3, 0.4) is 0 Å². The molecule has 0 atom stereocenters. The Kier molecular flexibility index (Phi) is 3.53. The van der Waals surface area contributed by atoms with Gasteiger partial charge < -0.3 is 16.0 Å². The van der Waals surface area contributed by atoms with Gasteiger partial charge in [-0.25, -0.2) is 0 Å². The molecule has 1 fully saturated rings. The molecule has 2 aliphatic rings. The molecule has 0 unspecified atom stereocenters. The van der Waals surface area contributed by atoms with E-state index in [1.807, 2.05) is 17.0 Å². The molecule has 1 aliphatic carbocycles. The van der Waals surface area contributed by atoms with Crippen LogP contribution in [0, 0.1) is 0 Å². The van der Waals surface area contributed by atoms with Gasteiger partial charge in [0.2, 0.25) is 5.91 Å². The fourth-order valence-corrected chi connectivity index (χ4v) is 2.65. The van der Waals surface area contributed by atoms with E-state index in [1.54, 1.807) is 0 Å². The van der Waals surface area contributed by atoms with Crippen molar-refractivity contribution in [2.75, 3.05) is 18.0 Å². The average Bonchev–Trinajstić information content (AvgIpc) is 3.25. The topological polar surface area (TPSA) is 58.4 Å². The number of nitrogens with zero attached hydrogens (tertiary/aromatic N) is 1. The van der Waals surface area contributed by atoms with E-state index in [9.17, 15) is 4.79 Å². The van der Waals surface area contributed by atoms with E-state index in [-0.39, 0.29) is 5.91 Å². The molecule has 0 aromatic heterocycles. The van der Waals surface area contributed by atoms with Crippen molar-refractivity contribution in [2.24, 2.45) is 5.73 Å². The molecule has 0 saturated heterocycles. The van der Waals surface area contributed by atoms with Crippen molar-refractivity contribution in [1.82, 2.24) is 5.32 Å². The fraction of sp³-hybridized carbons (Fsp3) is 0.533. The van der Waals surface area contributed by atoms with Crippen LogP contribution in [0.25, 0.3) is 0 Å². The molecular weight excluding hydrogens is 238 g/mol. The van der Waals surface area contributed by atoms with Crippen molar-refractivity contribution in [3.05, 3.63) is 29.3 Å². The van der Waals surface area contributed by atoms with Crippen molar-refractivity contribution in [2.45, 2.75) is 38.3 Å². The van der Waals surface area contributed by atoms with Gasteiger partial charge in [-0.15, -0.1) is 0 Å². The summed E-state index contributed by atoms with van der Waals surface area (Å²) in [5.41, 5.74) is 9.15. The third-order valence-electron chi connectivity index (χ3n) is 3.93. The first-order valence-electron chi connectivity index (χ1n) is 7.13. The Morgan fingerprint density at radius 1 is 1.32 bits per heavy atom. The normalized spacial score (nSPS) is 18.6. The lowest BCUT2D eigenvalue weighted by Crippen LogP contribution is -2.40. The summed E-state index contributed by atoms with van der Waals surface area (Å²) in [5.74, 6) is 0.241. The Morgan fingerprint density at radius 2 is 2.16 bits per heavy atom. The highest BCUT2D eigenvalue weighted by Crippen LogP contribution is 2.28. The monoisotopic (exact) mass is 259 g/mol. The molecule has 1 aromatic carbocycles. The molecule has 4 heteroatoms. The van der Waals surface area contributed by atoms with Crippen LogP contribution in [-0.2, 0) is 17.8 Å². The van der Waals surface area contributed by atoms with Crippen LogP contribution in [0.5, 0.6) is 0 Å². The summed E-state index contributed by atoms with van der Waals surface area (Å²) in [6.45, 7) is 2.21. The van der Waals surface area contributed by atoms with E-state index < -0.39 is 0 Å². The molecule has 1 amide bonds. The molecule has 3 rings (SSSR count). The SMILES string of the molecule is NCc1ccc2c(c1)CCC(=O)N2CCNC1CC1. The number of hydrogen-bond acceptors (Lipinski definition) is 3. The zero-order valence-corrected chi connectivity index (χ0v) is 11.2. The highest BCUT2D eigenvalue weighted by Gasteiger charge is 2.25. The molecule has 1 heterocycles. The summed E-state index contributed by atoms with van der Waals surface area (Å²) in [5, 5.41) is 3.46. The Bertz CT molecular complexity index is 482. The third kappa shape index (κ3) is 2.80. The molecule has 3 N–H and O–H groups in total. The maximum atomic E-state index is 12.1. The second kappa shape index (κ2) is 5.31. The minimum atomic E-state index is 0.241. The van der Waals surface area contributed by atoms with Gasteiger partial charge >= 0.3 is 0 Å². The number of carbonyl (C=O) groups is 1. The van der Waals surface area contributed by atoms with E-state index in [0.29, 0.717) is 19.0 Å². The van der Waals surface area contributed by atoms with Crippen molar-refractivity contribution in [3.8, 4) is 0 Å². The summed E-state index contributed by atoms with van der Waals surface area (Å²) >= 11 is 0. The van der Waals surface area contributed by atoms with Crippen LogP contribution in [0.2, 0.25) is 0 Å². The van der Waals surface area contributed by atoms with Crippen LogP contribution in [0.1, 0.15) is 30.4 Å². The molecule has 1 aliphatic heterocycles. The number of benzene rings is 1. The molecular formula is C15H21N3O. The number of rotatable bonds is 5. The van der Waals surface area contributed by atoms with Gasteiger partial charge in [-0.3, -0.25) is 4.79 Å². The number of aryl methyl sites for hydroxylation is 1. The molecule has 0 bridgehead atoms. The molecule has 1 aromatic rings. The highest BCUT2D eigenvalue weighted by atomic mass is 16.2. The van der Waals surface area contributed by atoms with E-state index >= 15 is 0 Å². The summed E-state index contributed by atoms with van der Waals surface area (Å²) in [6.07, 6.45) is 4.02. The number of nitrogens with one attached hydrogen (secondary N) is 1.